The van der Waals surface area contributed by atoms with Crippen LogP contribution in [0.4, 0.5) is 8.78 Å². The van der Waals surface area contributed by atoms with E-state index in [4.69, 9.17) is 11.6 Å². The topological polar surface area (TPSA) is 0 Å². The highest BCUT2D eigenvalue weighted by Crippen LogP contribution is 2.23. The van der Waals surface area contributed by atoms with Crippen LogP contribution in [0.1, 0.15) is 13.8 Å². The van der Waals surface area contributed by atoms with Gasteiger partial charge in [-0.15, -0.1) is 11.6 Å². The lowest BCUT2D eigenvalue weighted by atomic mass is 10.1. The van der Waals surface area contributed by atoms with E-state index in [0.717, 1.165) is 6.92 Å². The highest BCUT2D eigenvalue weighted by molar-refractivity contribution is 6.18. The standard InChI is InChI=1S/C5H9ClF2/c1-4(3-6)5(2,7)8/h4H,3H2,1-2H3. The van der Waals surface area contributed by atoms with E-state index in [1.165, 1.54) is 6.92 Å². The van der Waals surface area contributed by atoms with Gasteiger partial charge in [-0.2, -0.15) is 0 Å². The minimum absolute atomic E-state index is 0.0174. The summed E-state index contributed by atoms with van der Waals surface area (Å²) < 4.78 is 24.1. The Morgan fingerprint density at radius 1 is 1.62 bits per heavy atom. The van der Waals surface area contributed by atoms with Crippen molar-refractivity contribution in [3.8, 4) is 0 Å². The molecule has 0 aliphatic carbocycles. The van der Waals surface area contributed by atoms with Gasteiger partial charge in [-0.05, 0) is 6.92 Å². The van der Waals surface area contributed by atoms with Crippen molar-refractivity contribution in [2.24, 2.45) is 5.92 Å². The van der Waals surface area contributed by atoms with E-state index in [-0.39, 0.29) is 5.88 Å². The Bertz CT molecular complexity index is 67.3. The number of halogens is 3. The molecule has 0 N–H and O–H groups in total. The summed E-state index contributed by atoms with van der Waals surface area (Å²) in [5.41, 5.74) is 0. The summed E-state index contributed by atoms with van der Waals surface area (Å²) in [7, 11) is 0. The third-order valence-corrected chi connectivity index (χ3v) is 1.56. The van der Waals surface area contributed by atoms with Crippen LogP contribution in [0.3, 0.4) is 0 Å². The van der Waals surface area contributed by atoms with Crippen LogP contribution in [-0.2, 0) is 0 Å². The molecule has 0 aromatic rings. The van der Waals surface area contributed by atoms with E-state index < -0.39 is 11.8 Å². The third kappa shape index (κ3) is 2.46. The molecule has 3 heteroatoms. The molecule has 0 rings (SSSR count). The average molecular weight is 143 g/mol. The summed E-state index contributed by atoms with van der Waals surface area (Å²) in [4.78, 5) is 0. The van der Waals surface area contributed by atoms with E-state index in [9.17, 15) is 8.78 Å². The lowest BCUT2D eigenvalue weighted by Gasteiger charge is -2.15. The lowest BCUT2D eigenvalue weighted by Crippen LogP contribution is -2.22. The molecule has 0 saturated carbocycles. The second-order valence-electron chi connectivity index (χ2n) is 2.01. The summed E-state index contributed by atoms with van der Waals surface area (Å²) in [6.45, 7) is 2.30. The Kier molecular flexibility index (Phi) is 2.67. The van der Waals surface area contributed by atoms with Gasteiger partial charge in [0.25, 0.3) is 0 Å². The van der Waals surface area contributed by atoms with Gasteiger partial charge < -0.3 is 0 Å². The van der Waals surface area contributed by atoms with E-state index in [1.807, 2.05) is 0 Å². The fraction of sp³-hybridized carbons (Fsp3) is 1.00. The van der Waals surface area contributed by atoms with Gasteiger partial charge in [0.2, 0.25) is 5.92 Å². The molecule has 0 aliphatic rings. The van der Waals surface area contributed by atoms with Gasteiger partial charge >= 0.3 is 0 Å². The summed E-state index contributed by atoms with van der Waals surface area (Å²) in [5, 5.41) is 0. The Labute approximate surface area is 52.8 Å². The Morgan fingerprint density at radius 3 is 2.00 bits per heavy atom. The number of hydrogen-bond donors (Lipinski definition) is 0. The van der Waals surface area contributed by atoms with E-state index in [2.05, 4.69) is 0 Å². The van der Waals surface area contributed by atoms with E-state index in [1.54, 1.807) is 0 Å². The zero-order valence-corrected chi connectivity index (χ0v) is 5.67. The zero-order valence-electron chi connectivity index (χ0n) is 4.92. The van der Waals surface area contributed by atoms with Crippen LogP contribution in [0.15, 0.2) is 0 Å². The molecule has 50 valence electrons. The molecule has 1 unspecified atom stereocenters. The zero-order chi connectivity index (χ0) is 6.78. The molecule has 0 saturated heterocycles. The highest BCUT2D eigenvalue weighted by atomic mass is 35.5. The number of hydrogen-bond acceptors (Lipinski definition) is 0. The van der Waals surface area contributed by atoms with Crippen LogP contribution >= 0.6 is 11.6 Å². The molecule has 0 aromatic heterocycles. The van der Waals surface area contributed by atoms with Gasteiger partial charge in [-0.3, -0.25) is 0 Å². The summed E-state index contributed by atoms with van der Waals surface area (Å²) in [6.07, 6.45) is 0. The molecule has 0 heterocycles. The van der Waals surface area contributed by atoms with Crippen molar-refractivity contribution in [1.29, 1.82) is 0 Å². The first-order valence-electron chi connectivity index (χ1n) is 2.42. The first-order valence-corrected chi connectivity index (χ1v) is 2.95. The summed E-state index contributed by atoms with van der Waals surface area (Å²) in [6, 6.07) is 0. The minimum atomic E-state index is -2.62. The molecule has 0 amide bonds. The third-order valence-electron chi connectivity index (χ3n) is 1.10. The number of rotatable bonds is 2. The van der Waals surface area contributed by atoms with Gasteiger partial charge in [0.15, 0.2) is 0 Å². The minimum Gasteiger partial charge on any atom is -0.207 e. The van der Waals surface area contributed by atoms with Crippen molar-refractivity contribution in [3.63, 3.8) is 0 Å². The average Bonchev–Trinajstić information content (AvgIpc) is 1.62. The maximum absolute atomic E-state index is 12.0. The predicted octanol–water partition coefficient (Wildman–Crippen LogP) is 2.52. The second kappa shape index (κ2) is 2.62. The molecule has 8 heavy (non-hydrogen) atoms. The Morgan fingerprint density at radius 2 is 2.00 bits per heavy atom. The van der Waals surface area contributed by atoms with Crippen LogP contribution in [0.25, 0.3) is 0 Å². The van der Waals surface area contributed by atoms with Gasteiger partial charge in [0.1, 0.15) is 0 Å². The molecule has 1 atom stereocenters. The van der Waals surface area contributed by atoms with Gasteiger partial charge in [0.05, 0.1) is 0 Å². The normalized spacial score (nSPS) is 16.1. The lowest BCUT2D eigenvalue weighted by molar-refractivity contribution is -0.0237. The molecule has 0 radical (unpaired) electrons. The Balaban J connectivity index is 3.62. The van der Waals surface area contributed by atoms with E-state index in [0.29, 0.717) is 0 Å². The van der Waals surface area contributed by atoms with Crippen molar-refractivity contribution in [2.45, 2.75) is 19.8 Å². The highest BCUT2D eigenvalue weighted by Gasteiger charge is 2.28. The first-order chi connectivity index (χ1) is 3.48. The monoisotopic (exact) mass is 142 g/mol. The fourth-order valence-corrected chi connectivity index (χ4v) is 0.406. The van der Waals surface area contributed by atoms with Crippen molar-refractivity contribution in [3.05, 3.63) is 0 Å². The molecule has 0 aromatic carbocycles. The molecule has 0 fully saturated rings. The fourth-order valence-electron chi connectivity index (χ4n) is 0.135. The van der Waals surface area contributed by atoms with Crippen LogP contribution < -0.4 is 0 Å². The molecule has 0 spiro atoms. The largest absolute Gasteiger partial charge is 0.249 e. The van der Waals surface area contributed by atoms with Crippen molar-refractivity contribution < 1.29 is 8.78 Å². The second-order valence-corrected chi connectivity index (χ2v) is 2.32. The maximum atomic E-state index is 12.0. The molecule has 0 aliphatic heterocycles. The van der Waals surface area contributed by atoms with Crippen molar-refractivity contribution >= 4 is 11.6 Å². The van der Waals surface area contributed by atoms with Crippen LogP contribution in [-0.4, -0.2) is 11.8 Å². The Hall–Kier alpha value is 0.150. The quantitative estimate of drug-likeness (QED) is 0.520. The van der Waals surface area contributed by atoms with Gasteiger partial charge in [-0.1, -0.05) is 6.92 Å². The van der Waals surface area contributed by atoms with Crippen molar-refractivity contribution in [1.82, 2.24) is 0 Å². The van der Waals surface area contributed by atoms with Crippen LogP contribution in [0, 0.1) is 5.92 Å². The van der Waals surface area contributed by atoms with Gasteiger partial charge in [0, 0.05) is 11.8 Å². The van der Waals surface area contributed by atoms with Crippen LogP contribution in [0.5, 0.6) is 0 Å². The van der Waals surface area contributed by atoms with Crippen molar-refractivity contribution in [2.75, 3.05) is 5.88 Å². The van der Waals surface area contributed by atoms with Crippen LogP contribution in [0.2, 0.25) is 0 Å². The smallest absolute Gasteiger partial charge is 0.207 e. The summed E-state index contributed by atoms with van der Waals surface area (Å²) >= 11 is 5.16. The molecule has 0 bridgehead atoms. The van der Waals surface area contributed by atoms with Gasteiger partial charge in [-0.25, -0.2) is 8.78 Å². The molecule has 0 nitrogen and oxygen atoms in total. The summed E-state index contributed by atoms with van der Waals surface area (Å²) in [5.74, 6) is -3.32. The number of alkyl halides is 3. The SMILES string of the molecule is CC(CCl)C(C)(F)F. The predicted molar refractivity (Wildman–Crippen MR) is 30.5 cm³/mol. The van der Waals surface area contributed by atoms with E-state index >= 15 is 0 Å². The first kappa shape index (κ1) is 8.15. The molecular weight excluding hydrogens is 134 g/mol. The maximum Gasteiger partial charge on any atom is 0.249 e. The molecular formula is C5H9ClF2.